The summed E-state index contributed by atoms with van der Waals surface area (Å²) in [6.07, 6.45) is 3.68. The minimum atomic E-state index is 0.428. The first-order chi connectivity index (χ1) is 8.97. The van der Waals surface area contributed by atoms with Crippen molar-refractivity contribution in [2.75, 3.05) is 13.1 Å². The maximum absolute atomic E-state index is 6.41. The van der Waals surface area contributed by atoms with Crippen molar-refractivity contribution in [2.45, 2.75) is 53.5 Å². The van der Waals surface area contributed by atoms with Gasteiger partial charge in [0.2, 0.25) is 0 Å². The van der Waals surface area contributed by atoms with E-state index in [0.717, 1.165) is 36.8 Å². The van der Waals surface area contributed by atoms with Gasteiger partial charge in [0.1, 0.15) is 0 Å². The maximum Gasteiger partial charge on any atom is 0.0847 e. The van der Waals surface area contributed by atoms with E-state index in [9.17, 15) is 0 Å². The van der Waals surface area contributed by atoms with Gasteiger partial charge >= 0.3 is 0 Å². The van der Waals surface area contributed by atoms with E-state index >= 15 is 0 Å². The van der Waals surface area contributed by atoms with Gasteiger partial charge in [-0.15, -0.1) is 0 Å². The Bertz CT molecular complexity index is 433. The summed E-state index contributed by atoms with van der Waals surface area (Å²) >= 11 is 6.41. The summed E-state index contributed by atoms with van der Waals surface area (Å²) in [6, 6.07) is 0. The predicted octanol–water partition coefficient (Wildman–Crippen LogP) is 3.43. The first kappa shape index (κ1) is 14.9. The van der Waals surface area contributed by atoms with Crippen LogP contribution in [0.25, 0.3) is 0 Å². The van der Waals surface area contributed by atoms with E-state index in [0.29, 0.717) is 11.3 Å². The number of nitrogens with one attached hydrogen (secondary N) is 1. The third-order valence-electron chi connectivity index (χ3n) is 4.00. The Kier molecular flexibility index (Phi) is 4.57. The van der Waals surface area contributed by atoms with Gasteiger partial charge < -0.3 is 5.32 Å². The maximum atomic E-state index is 6.41. The second-order valence-electron chi connectivity index (χ2n) is 6.36. The van der Waals surface area contributed by atoms with E-state index in [1.165, 1.54) is 18.5 Å². The van der Waals surface area contributed by atoms with E-state index in [4.69, 9.17) is 11.6 Å². The zero-order valence-corrected chi connectivity index (χ0v) is 13.3. The van der Waals surface area contributed by atoms with Gasteiger partial charge in [-0.2, -0.15) is 5.10 Å². The van der Waals surface area contributed by atoms with Crippen molar-refractivity contribution in [1.29, 1.82) is 0 Å². The number of hydrogen-bond acceptors (Lipinski definition) is 2. The summed E-state index contributed by atoms with van der Waals surface area (Å²) < 4.78 is 2.07. The highest BCUT2D eigenvalue weighted by Gasteiger charge is 2.43. The third kappa shape index (κ3) is 3.51. The molecule has 0 atom stereocenters. The Morgan fingerprint density at radius 3 is 2.63 bits per heavy atom. The predicted molar refractivity (Wildman–Crippen MR) is 80.7 cm³/mol. The molecule has 1 N–H and O–H groups in total. The highest BCUT2D eigenvalue weighted by Crippen LogP contribution is 2.48. The zero-order chi connectivity index (χ0) is 14.0. The number of aromatic nitrogens is 2. The molecule has 0 bridgehead atoms. The number of halogens is 1. The molecule has 0 saturated heterocycles. The first-order valence-corrected chi connectivity index (χ1v) is 7.78. The van der Waals surface area contributed by atoms with Crippen molar-refractivity contribution < 1.29 is 0 Å². The number of rotatable bonds is 7. The van der Waals surface area contributed by atoms with E-state index in [2.05, 4.69) is 35.9 Å². The molecule has 1 heterocycles. The molecule has 4 heteroatoms. The van der Waals surface area contributed by atoms with Crippen LogP contribution in [0.1, 0.15) is 45.0 Å². The molecule has 0 unspecified atom stereocenters. The topological polar surface area (TPSA) is 29.9 Å². The molecule has 1 aliphatic carbocycles. The smallest absolute Gasteiger partial charge is 0.0847 e. The number of aryl methyl sites for hydroxylation is 2. The van der Waals surface area contributed by atoms with Gasteiger partial charge in [0.05, 0.1) is 16.4 Å². The molecular weight excluding hydrogens is 258 g/mol. The Hall–Kier alpha value is -0.540. The van der Waals surface area contributed by atoms with Crippen molar-refractivity contribution in [1.82, 2.24) is 15.1 Å². The lowest BCUT2D eigenvalue weighted by Crippen LogP contribution is -2.29. The molecule has 108 valence electrons. The summed E-state index contributed by atoms with van der Waals surface area (Å²) in [4.78, 5) is 0. The molecule has 0 aromatic carbocycles. The Morgan fingerprint density at radius 2 is 2.11 bits per heavy atom. The molecule has 1 aromatic heterocycles. The van der Waals surface area contributed by atoms with Gasteiger partial charge in [0, 0.05) is 13.1 Å². The molecule has 3 nitrogen and oxygen atoms in total. The molecule has 0 radical (unpaired) electrons. The van der Waals surface area contributed by atoms with E-state index in [-0.39, 0.29) is 0 Å². The summed E-state index contributed by atoms with van der Waals surface area (Å²) in [7, 11) is 0. The van der Waals surface area contributed by atoms with Gasteiger partial charge in [-0.3, -0.25) is 4.68 Å². The first-order valence-electron chi connectivity index (χ1n) is 7.40. The summed E-state index contributed by atoms with van der Waals surface area (Å²) in [5, 5.41) is 8.98. The number of nitrogens with zero attached hydrogens (tertiary/aromatic N) is 2. The van der Waals surface area contributed by atoms with Crippen LogP contribution >= 0.6 is 11.6 Å². The molecule has 2 rings (SSSR count). The Labute approximate surface area is 121 Å². The normalized spacial score (nSPS) is 17.2. The lowest BCUT2D eigenvalue weighted by atomic mass is 9.99. The van der Waals surface area contributed by atoms with Crippen molar-refractivity contribution in [3.8, 4) is 0 Å². The fraction of sp³-hybridized carbons (Fsp3) is 0.800. The minimum Gasteiger partial charge on any atom is -0.316 e. The van der Waals surface area contributed by atoms with Crippen LogP contribution in [0.3, 0.4) is 0 Å². The van der Waals surface area contributed by atoms with Crippen LogP contribution in [0.4, 0.5) is 0 Å². The molecule has 1 aromatic rings. The second-order valence-corrected chi connectivity index (χ2v) is 6.74. The highest BCUT2D eigenvalue weighted by atomic mass is 35.5. The van der Waals surface area contributed by atoms with Crippen molar-refractivity contribution in [3.63, 3.8) is 0 Å². The van der Waals surface area contributed by atoms with Crippen LogP contribution in [0.15, 0.2) is 0 Å². The highest BCUT2D eigenvalue weighted by molar-refractivity contribution is 6.31. The van der Waals surface area contributed by atoms with Crippen LogP contribution in [0, 0.1) is 18.3 Å². The van der Waals surface area contributed by atoms with Gasteiger partial charge in [0.15, 0.2) is 0 Å². The molecule has 19 heavy (non-hydrogen) atoms. The van der Waals surface area contributed by atoms with Crippen LogP contribution < -0.4 is 5.32 Å². The fourth-order valence-corrected chi connectivity index (χ4v) is 2.81. The van der Waals surface area contributed by atoms with Crippen LogP contribution in [-0.4, -0.2) is 22.9 Å². The van der Waals surface area contributed by atoms with E-state index in [1.807, 2.05) is 6.92 Å². The monoisotopic (exact) mass is 283 g/mol. The van der Waals surface area contributed by atoms with Crippen LogP contribution in [0.2, 0.25) is 5.02 Å². The SMILES string of the molecule is CCn1nc(C)c(Cl)c1CC1(CNCC(C)C)CC1. The lowest BCUT2D eigenvalue weighted by Gasteiger charge is -2.18. The fourth-order valence-electron chi connectivity index (χ4n) is 2.61. The van der Waals surface area contributed by atoms with Crippen LogP contribution in [0.5, 0.6) is 0 Å². The Balaban J connectivity index is 2.00. The van der Waals surface area contributed by atoms with Crippen molar-refractivity contribution >= 4 is 11.6 Å². The molecule has 0 spiro atoms. The summed E-state index contributed by atoms with van der Waals surface area (Å²) in [5.41, 5.74) is 2.62. The molecule has 1 saturated carbocycles. The average molecular weight is 284 g/mol. The van der Waals surface area contributed by atoms with Gasteiger partial charge in [-0.1, -0.05) is 25.4 Å². The van der Waals surface area contributed by atoms with Crippen molar-refractivity contribution in [3.05, 3.63) is 16.4 Å². The molecule has 1 aliphatic rings. The lowest BCUT2D eigenvalue weighted by molar-refractivity contribution is 0.419. The zero-order valence-electron chi connectivity index (χ0n) is 12.6. The largest absolute Gasteiger partial charge is 0.316 e. The minimum absolute atomic E-state index is 0.428. The van der Waals surface area contributed by atoms with E-state index < -0.39 is 0 Å². The molecule has 1 fully saturated rings. The van der Waals surface area contributed by atoms with Gasteiger partial charge in [0.25, 0.3) is 0 Å². The molecule has 0 amide bonds. The summed E-state index contributed by atoms with van der Waals surface area (Å²) in [6.45, 7) is 11.7. The van der Waals surface area contributed by atoms with Gasteiger partial charge in [-0.25, -0.2) is 0 Å². The van der Waals surface area contributed by atoms with Gasteiger partial charge in [-0.05, 0) is 51.0 Å². The standard InChI is InChI=1S/C15H26ClN3/c1-5-19-13(14(16)12(4)18-19)8-15(6-7-15)10-17-9-11(2)3/h11,17H,5-10H2,1-4H3. The summed E-state index contributed by atoms with van der Waals surface area (Å²) in [5.74, 6) is 0.711. The van der Waals surface area contributed by atoms with Crippen LogP contribution in [-0.2, 0) is 13.0 Å². The quantitative estimate of drug-likeness (QED) is 0.831. The second kappa shape index (κ2) is 5.84. The third-order valence-corrected chi connectivity index (χ3v) is 4.50. The Morgan fingerprint density at radius 1 is 1.42 bits per heavy atom. The average Bonchev–Trinajstić information content (AvgIpc) is 3.06. The van der Waals surface area contributed by atoms with E-state index in [1.54, 1.807) is 0 Å². The number of hydrogen-bond donors (Lipinski definition) is 1. The molecular formula is C15H26ClN3. The van der Waals surface area contributed by atoms with Crippen molar-refractivity contribution in [2.24, 2.45) is 11.3 Å². The molecule has 0 aliphatic heterocycles.